The second kappa shape index (κ2) is 10.7. The van der Waals surface area contributed by atoms with E-state index >= 15 is 0 Å². The van der Waals surface area contributed by atoms with Crippen molar-refractivity contribution in [1.29, 1.82) is 0 Å². The van der Waals surface area contributed by atoms with Gasteiger partial charge in [-0.05, 0) is 102 Å². The average molecular weight is 652 g/mol. The van der Waals surface area contributed by atoms with Crippen LogP contribution in [0.2, 0.25) is 0 Å². The summed E-state index contributed by atoms with van der Waals surface area (Å²) in [5.41, 5.74) is 5.18. The van der Waals surface area contributed by atoms with E-state index in [0.29, 0.717) is 27.9 Å². The first-order valence-electron chi connectivity index (χ1n) is 20.7. The summed E-state index contributed by atoms with van der Waals surface area (Å²) in [5, 5.41) is 0. The molecule has 0 unspecified atom stereocenters. The maximum atomic E-state index is 9.97. The largest absolute Gasteiger partial charge is 0.310 e. The molecule has 0 heterocycles. The van der Waals surface area contributed by atoms with Gasteiger partial charge < -0.3 is 4.90 Å². The topological polar surface area (TPSA) is 3.24 Å². The van der Waals surface area contributed by atoms with E-state index in [1.54, 1.807) is 0 Å². The minimum atomic E-state index is -0.469. The highest BCUT2D eigenvalue weighted by atomic mass is 15.1. The first-order chi connectivity index (χ1) is 25.4. The van der Waals surface area contributed by atoms with Gasteiger partial charge in [-0.15, -0.1) is 0 Å². The van der Waals surface area contributed by atoms with Gasteiger partial charge in [0.25, 0.3) is 0 Å². The van der Waals surface area contributed by atoms with Gasteiger partial charge in [-0.2, -0.15) is 0 Å². The maximum Gasteiger partial charge on any atom is 0.0632 e. The van der Waals surface area contributed by atoms with Crippen molar-refractivity contribution in [2.45, 2.75) is 105 Å². The SMILES string of the molecule is [2H]c1c([2H])c2c(c([2H])c1-c1ccc(-c3c([2H])c([2H])c4c(c3[2H])C(C)(C)C(C)(C)C4(C)C)c(N(c3ccccc3)c3ccccc3)c1)C(C)(C)C(C)(C)C2(C)C. The molecule has 5 aromatic rings. The van der Waals surface area contributed by atoms with Crippen LogP contribution < -0.4 is 4.90 Å². The smallest absolute Gasteiger partial charge is 0.0632 e. The van der Waals surface area contributed by atoms with Crippen molar-refractivity contribution in [2.24, 2.45) is 10.8 Å². The number of fused-ring (bicyclic) bond motifs is 2. The standard InChI is InChI=1S/C48H55N/c1-43(2)38-27-24-32(29-40(38)45(5,6)47(43,9)10)33-23-26-37(34-25-28-39-41(30-34)46(7,8)48(11,12)44(39,3)4)42(31-33)49(35-19-15-13-16-20-35)36-21-17-14-18-22-36/h13-31H,1-12H3/i24D,25D,27D,28D,29D,30D. The van der Waals surface area contributed by atoms with Crippen LogP contribution in [0.3, 0.4) is 0 Å². The summed E-state index contributed by atoms with van der Waals surface area (Å²) in [5.74, 6) is 0. The number of hydrogen-bond acceptors (Lipinski definition) is 1. The van der Waals surface area contributed by atoms with Gasteiger partial charge in [0.15, 0.2) is 0 Å². The van der Waals surface area contributed by atoms with Gasteiger partial charge in [-0.3, -0.25) is 0 Å². The van der Waals surface area contributed by atoms with Crippen LogP contribution in [0.15, 0.2) is 115 Å². The van der Waals surface area contributed by atoms with Crippen molar-refractivity contribution in [2.75, 3.05) is 4.90 Å². The first kappa shape index (κ1) is 26.7. The quantitative estimate of drug-likeness (QED) is 0.183. The second-order valence-corrected chi connectivity index (χ2v) is 17.5. The molecule has 49 heavy (non-hydrogen) atoms. The predicted octanol–water partition coefficient (Wildman–Crippen LogP) is 13.7. The fraction of sp³-hybridized carbons (Fsp3) is 0.375. The third-order valence-corrected chi connectivity index (χ3v) is 14.2. The van der Waals surface area contributed by atoms with E-state index in [1.807, 2.05) is 78.9 Å². The number of benzene rings is 5. The lowest BCUT2D eigenvalue weighted by Gasteiger charge is -2.44. The highest BCUT2D eigenvalue weighted by molar-refractivity contribution is 5.91. The molecule has 0 spiro atoms. The Morgan fingerprint density at radius 1 is 0.429 bits per heavy atom. The van der Waals surface area contributed by atoms with E-state index in [-0.39, 0.29) is 47.1 Å². The summed E-state index contributed by atoms with van der Waals surface area (Å²) in [6.45, 7) is 26.0. The van der Waals surface area contributed by atoms with Gasteiger partial charge in [0, 0.05) is 16.9 Å². The van der Waals surface area contributed by atoms with E-state index in [9.17, 15) is 8.22 Å². The molecule has 0 atom stereocenters. The molecular weight excluding hydrogens is 591 g/mol. The zero-order valence-electron chi connectivity index (χ0n) is 37.5. The monoisotopic (exact) mass is 651 g/mol. The summed E-state index contributed by atoms with van der Waals surface area (Å²) in [6, 6.07) is 26.6. The summed E-state index contributed by atoms with van der Waals surface area (Å²) < 4.78 is 57.9. The third kappa shape index (κ3) is 4.50. The van der Waals surface area contributed by atoms with E-state index in [1.165, 1.54) is 0 Å². The van der Waals surface area contributed by atoms with Crippen LogP contribution in [0.1, 0.15) is 114 Å². The molecule has 1 heteroatoms. The zero-order valence-corrected chi connectivity index (χ0v) is 31.5. The molecule has 0 saturated heterocycles. The van der Waals surface area contributed by atoms with Gasteiger partial charge in [-0.1, -0.05) is 168 Å². The minimum Gasteiger partial charge on any atom is -0.310 e. The molecule has 0 amide bonds. The second-order valence-electron chi connectivity index (χ2n) is 17.5. The fourth-order valence-corrected chi connectivity index (χ4v) is 8.44. The molecule has 1 nitrogen and oxygen atoms in total. The molecule has 2 aliphatic carbocycles. The maximum absolute atomic E-state index is 9.97. The van der Waals surface area contributed by atoms with Gasteiger partial charge in [-0.25, -0.2) is 0 Å². The zero-order chi connectivity index (χ0) is 40.6. The molecule has 0 saturated carbocycles. The minimum absolute atomic E-state index is 0.0138. The van der Waals surface area contributed by atoms with Crippen LogP contribution in [0.5, 0.6) is 0 Å². The molecule has 252 valence electrons. The Balaban J connectivity index is 1.61. The highest BCUT2D eigenvalue weighted by Gasteiger charge is 2.57. The lowest BCUT2D eigenvalue weighted by Crippen LogP contribution is -2.42. The molecule has 0 bridgehead atoms. The van der Waals surface area contributed by atoms with Crippen LogP contribution in [-0.4, -0.2) is 0 Å². The van der Waals surface area contributed by atoms with Crippen LogP contribution >= 0.6 is 0 Å². The summed E-state index contributed by atoms with van der Waals surface area (Å²) in [7, 11) is 0. The molecule has 0 N–H and O–H groups in total. The first-order valence-corrected chi connectivity index (χ1v) is 17.7. The Morgan fingerprint density at radius 3 is 1.31 bits per heavy atom. The van der Waals surface area contributed by atoms with Gasteiger partial charge >= 0.3 is 0 Å². The van der Waals surface area contributed by atoms with Crippen molar-refractivity contribution in [1.82, 2.24) is 0 Å². The van der Waals surface area contributed by atoms with Crippen LogP contribution in [0.25, 0.3) is 22.3 Å². The van der Waals surface area contributed by atoms with E-state index in [2.05, 4.69) is 88.0 Å². The molecule has 7 rings (SSSR count). The molecule has 0 radical (unpaired) electrons. The van der Waals surface area contributed by atoms with E-state index in [4.69, 9.17) is 0 Å². The third-order valence-electron chi connectivity index (χ3n) is 14.2. The summed E-state index contributed by atoms with van der Waals surface area (Å²) >= 11 is 0. The van der Waals surface area contributed by atoms with Gasteiger partial charge in [0.2, 0.25) is 0 Å². The number of nitrogens with zero attached hydrogens (tertiary/aromatic N) is 1. The van der Waals surface area contributed by atoms with E-state index < -0.39 is 21.7 Å². The van der Waals surface area contributed by atoms with Crippen LogP contribution in [0, 0.1) is 10.8 Å². The predicted molar refractivity (Wildman–Crippen MR) is 212 cm³/mol. The van der Waals surface area contributed by atoms with Crippen molar-refractivity contribution < 1.29 is 8.22 Å². The normalized spacial score (nSPS) is 21.7. The molecule has 5 aromatic carbocycles. The molecule has 2 aliphatic rings. The van der Waals surface area contributed by atoms with Gasteiger partial charge in [0.05, 0.1) is 13.9 Å². The van der Waals surface area contributed by atoms with Crippen molar-refractivity contribution in [3.8, 4) is 22.3 Å². The number of para-hydroxylation sites is 2. The Bertz CT molecular complexity index is 2350. The lowest BCUT2D eigenvalue weighted by atomic mass is 9.59. The highest BCUT2D eigenvalue weighted by Crippen LogP contribution is 2.63. The number of anilines is 3. The average Bonchev–Trinajstić information content (AvgIpc) is 3.31. The Labute approximate surface area is 304 Å². The van der Waals surface area contributed by atoms with Crippen molar-refractivity contribution in [3.05, 3.63) is 137 Å². The Kier molecular flexibility index (Phi) is 5.84. The molecular formula is C48H55N. The van der Waals surface area contributed by atoms with Crippen LogP contribution in [-0.2, 0) is 21.7 Å². The van der Waals surface area contributed by atoms with Gasteiger partial charge in [0.1, 0.15) is 0 Å². The Morgan fingerprint density at radius 2 is 0.837 bits per heavy atom. The number of rotatable bonds is 5. The lowest BCUT2D eigenvalue weighted by molar-refractivity contribution is 0.125. The van der Waals surface area contributed by atoms with Crippen LogP contribution in [0.4, 0.5) is 17.1 Å². The fourth-order valence-electron chi connectivity index (χ4n) is 8.44. The van der Waals surface area contributed by atoms with Crippen molar-refractivity contribution >= 4 is 17.1 Å². The van der Waals surface area contributed by atoms with E-state index in [0.717, 1.165) is 33.6 Å². The molecule has 0 aromatic heterocycles. The molecule has 0 aliphatic heterocycles. The summed E-state index contributed by atoms with van der Waals surface area (Å²) in [6.07, 6.45) is 0. The summed E-state index contributed by atoms with van der Waals surface area (Å²) in [4.78, 5) is 2.10. The molecule has 0 fully saturated rings. The number of hydrogen-bond donors (Lipinski definition) is 0. The Hall–Kier alpha value is -4.10. The van der Waals surface area contributed by atoms with Crippen molar-refractivity contribution in [3.63, 3.8) is 0 Å².